The molecule has 1 aliphatic heterocycles. The standard InChI is InChI=1S/C12H13N5O2/c1-3-9-11(19)16-10(18)6-17(9)12-14-7(2)4-8(5-13)15-12/h4,9H,3,6H2,1-2H3,(H,16,18,19). The third-order valence-electron chi connectivity index (χ3n) is 2.86. The Kier molecular flexibility index (Phi) is 3.42. The monoisotopic (exact) mass is 259 g/mol. The maximum atomic E-state index is 11.8. The maximum Gasteiger partial charge on any atom is 0.249 e. The highest BCUT2D eigenvalue weighted by Crippen LogP contribution is 2.17. The molecule has 1 saturated heterocycles. The van der Waals surface area contributed by atoms with Gasteiger partial charge in [0, 0.05) is 5.69 Å². The van der Waals surface area contributed by atoms with Crippen molar-refractivity contribution >= 4 is 17.8 Å². The van der Waals surface area contributed by atoms with Crippen LogP contribution in [0.25, 0.3) is 0 Å². The van der Waals surface area contributed by atoms with Gasteiger partial charge in [0.2, 0.25) is 17.8 Å². The van der Waals surface area contributed by atoms with Crippen molar-refractivity contribution in [2.75, 3.05) is 11.4 Å². The van der Waals surface area contributed by atoms with E-state index in [-0.39, 0.29) is 24.1 Å². The maximum absolute atomic E-state index is 11.8. The molecule has 1 N–H and O–H groups in total. The number of piperazine rings is 1. The molecule has 0 saturated carbocycles. The first-order chi connectivity index (χ1) is 9.05. The fraction of sp³-hybridized carbons (Fsp3) is 0.417. The van der Waals surface area contributed by atoms with E-state index in [1.54, 1.807) is 13.0 Å². The summed E-state index contributed by atoms with van der Waals surface area (Å²) in [5.74, 6) is -0.507. The number of aryl methyl sites for hydroxylation is 1. The average Bonchev–Trinajstić information content (AvgIpc) is 2.37. The molecule has 1 aliphatic rings. The van der Waals surface area contributed by atoms with E-state index >= 15 is 0 Å². The van der Waals surface area contributed by atoms with Gasteiger partial charge in [-0.05, 0) is 19.4 Å². The summed E-state index contributed by atoms with van der Waals surface area (Å²) in [7, 11) is 0. The molecule has 1 atom stereocenters. The molecule has 0 radical (unpaired) electrons. The molecule has 98 valence electrons. The number of nitriles is 1. The lowest BCUT2D eigenvalue weighted by Gasteiger charge is -2.33. The van der Waals surface area contributed by atoms with Crippen LogP contribution in [0.4, 0.5) is 5.95 Å². The molecule has 1 unspecified atom stereocenters. The summed E-state index contributed by atoms with van der Waals surface area (Å²) < 4.78 is 0. The van der Waals surface area contributed by atoms with Crippen LogP contribution in [-0.2, 0) is 9.59 Å². The van der Waals surface area contributed by atoms with Crippen LogP contribution in [-0.4, -0.2) is 34.4 Å². The van der Waals surface area contributed by atoms with E-state index in [0.717, 1.165) is 0 Å². The van der Waals surface area contributed by atoms with Crippen LogP contribution in [0.3, 0.4) is 0 Å². The fourth-order valence-corrected chi connectivity index (χ4v) is 2.02. The molecule has 1 fully saturated rings. The minimum Gasteiger partial charge on any atom is -0.319 e. The highest BCUT2D eigenvalue weighted by atomic mass is 16.2. The third-order valence-corrected chi connectivity index (χ3v) is 2.86. The second kappa shape index (κ2) is 5.02. The zero-order valence-electron chi connectivity index (χ0n) is 10.7. The Labute approximate surface area is 110 Å². The summed E-state index contributed by atoms with van der Waals surface area (Å²) in [6, 6.07) is 3.00. The van der Waals surface area contributed by atoms with Crippen LogP contribution in [0.15, 0.2) is 6.07 Å². The number of nitrogens with one attached hydrogen (secondary N) is 1. The van der Waals surface area contributed by atoms with Gasteiger partial charge in [-0.15, -0.1) is 0 Å². The Hall–Kier alpha value is -2.49. The smallest absolute Gasteiger partial charge is 0.249 e. The summed E-state index contributed by atoms with van der Waals surface area (Å²) >= 11 is 0. The molecular weight excluding hydrogens is 246 g/mol. The number of hydrogen-bond donors (Lipinski definition) is 1. The second-order valence-corrected chi connectivity index (χ2v) is 4.27. The number of imide groups is 1. The van der Waals surface area contributed by atoms with Crippen LogP contribution in [0.1, 0.15) is 24.7 Å². The van der Waals surface area contributed by atoms with Crippen molar-refractivity contribution in [1.82, 2.24) is 15.3 Å². The molecule has 0 aliphatic carbocycles. The summed E-state index contributed by atoms with van der Waals surface area (Å²) in [5, 5.41) is 11.2. The molecule has 7 heteroatoms. The van der Waals surface area contributed by atoms with E-state index in [1.165, 1.54) is 4.90 Å². The molecular formula is C12H13N5O2. The van der Waals surface area contributed by atoms with Gasteiger partial charge in [0.25, 0.3) is 0 Å². The lowest BCUT2D eigenvalue weighted by molar-refractivity contribution is -0.133. The Morgan fingerprint density at radius 2 is 2.26 bits per heavy atom. The van der Waals surface area contributed by atoms with Crippen molar-refractivity contribution < 1.29 is 9.59 Å². The summed E-state index contributed by atoms with van der Waals surface area (Å²) in [5.41, 5.74) is 0.839. The number of anilines is 1. The lowest BCUT2D eigenvalue weighted by Crippen LogP contribution is -2.58. The minimum atomic E-state index is -0.494. The summed E-state index contributed by atoms with van der Waals surface area (Å²) in [6.07, 6.45) is 0.526. The highest BCUT2D eigenvalue weighted by molar-refractivity contribution is 6.04. The van der Waals surface area contributed by atoms with Crippen LogP contribution >= 0.6 is 0 Å². The van der Waals surface area contributed by atoms with Gasteiger partial charge in [-0.25, -0.2) is 9.97 Å². The molecule has 2 amide bonds. The number of aromatic nitrogens is 2. The lowest BCUT2D eigenvalue weighted by atomic mass is 10.1. The zero-order valence-corrected chi connectivity index (χ0v) is 10.7. The predicted octanol–water partition coefficient (Wildman–Crippen LogP) is -0.102. The Balaban J connectivity index is 2.43. The Morgan fingerprint density at radius 3 is 2.89 bits per heavy atom. The van der Waals surface area contributed by atoms with Crippen molar-refractivity contribution in [1.29, 1.82) is 5.26 Å². The van der Waals surface area contributed by atoms with E-state index in [9.17, 15) is 9.59 Å². The molecule has 0 spiro atoms. The first-order valence-electron chi connectivity index (χ1n) is 5.91. The summed E-state index contributed by atoms with van der Waals surface area (Å²) in [4.78, 5) is 33.0. The van der Waals surface area contributed by atoms with Crippen molar-refractivity contribution in [3.05, 3.63) is 17.5 Å². The molecule has 19 heavy (non-hydrogen) atoms. The quantitative estimate of drug-likeness (QED) is 0.744. The molecule has 1 aromatic rings. The fourth-order valence-electron chi connectivity index (χ4n) is 2.02. The molecule has 2 heterocycles. The highest BCUT2D eigenvalue weighted by Gasteiger charge is 2.34. The van der Waals surface area contributed by atoms with E-state index in [2.05, 4.69) is 15.3 Å². The topological polar surface area (TPSA) is 99.0 Å². The third kappa shape index (κ3) is 2.52. The Bertz CT molecular complexity index is 578. The Morgan fingerprint density at radius 1 is 1.53 bits per heavy atom. The molecule has 0 bridgehead atoms. The van der Waals surface area contributed by atoms with Gasteiger partial charge in [-0.2, -0.15) is 5.26 Å². The van der Waals surface area contributed by atoms with Crippen molar-refractivity contribution in [3.8, 4) is 6.07 Å². The van der Waals surface area contributed by atoms with E-state index in [1.807, 2.05) is 13.0 Å². The number of rotatable bonds is 2. The summed E-state index contributed by atoms with van der Waals surface area (Å²) in [6.45, 7) is 3.59. The number of nitrogens with zero attached hydrogens (tertiary/aromatic N) is 4. The number of carbonyl (C=O) groups excluding carboxylic acids is 2. The zero-order chi connectivity index (χ0) is 14.0. The van der Waals surface area contributed by atoms with E-state index in [0.29, 0.717) is 12.1 Å². The van der Waals surface area contributed by atoms with Crippen LogP contribution < -0.4 is 10.2 Å². The molecule has 0 aromatic carbocycles. The number of hydrogen-bond acceptors (Lipinski definition) is 6. The first kappa shape index (κ1) is 13.0. The van der Waals surface area contributed by atoms with Crippen LogP contribution in [0, 0.1) is 18.3 Å². The van der Waals surface area contributed by atoms with Gasteiger partial charge < -0.3 is 4.90 Å². The van der Waals surface area contributed by atoms with Crippen molar-refractivity contribution in [2.24, 2.45) is 0 Å². The molecule has 7 nitrogen and oxygen atoms in total. The molecule has 2 rings (SSSR count). The van der Waals surface area contributed by atoms with Gasteiger partial charge in [0.1, 0.15) is 24.3 Å². The van der Waals surface area contributed by atoms with Crippen LogP contribution in [0.2, 0.25) is 0 Å². The van der Waals surface area contributed by atoms with Gasteiger partial charge >= 0.3 is 0 Å². The molecule has 1 aromatic heterocycles. The van der Waals surface area contributed by atoms with E-state index < -0.39 is 11.9 Å². The number of carbonyl (C=O) groups is 2. The largest absolute Gasteiger partial charge is 0.319 e. The second-order valence-electron chi connectivity index (χ2n) is 4.27. The van der Waals surface area contributed by atoms with Gasteiger partial charge in [-0.3, -0.25) is 14.9 Å². The van der Waals surface area contributed by atoms with Crippen molar-refractivity contribution in [3.63, 3.8) is 0 Å². The number of amides is 2. The first-order valence-corrected chi connectivity index (χ1v) is 5.91. The average molecular weight is 259 g/mol. The SMILES string of the molecule is CCC1C(=O)NC(=O)CN1c1nc(C)cc(C#N)n1. The van der Waals surface area contributed by atoms with E-state index in [4.69, 9.17) is 5.26 Å². The van der Waals surface area contributed by atoms with Crippen LogP contribution in [0.5, 0.6) is 0 Å². The van der Waals surface area contributed by atoms with Gasteiger partial charge in [0.15, 0.2) is 0 Å². The van der Waals surface area contributed by atoms with Gasteiger partial charge in [-0.1, -0.05) is 6.92 Å². The minimum absolute atomic E-state index is 0.0125. The predicted molar refractivity (Wildman–Crippen MR) is 66.1 cm³/mol. The normalized spacial score (nSPS) is 19.0. The van der Waals surface area contributed by atoms with Crippen molar-refractivity contribution in [2.45, 2.75) is 26.3 Å². The van der Waals surface area contributed by atoms with Gasteiger partial charge in [0.05, 0.1) is 0 Å².